The van der Waals surface area contributed by atoms with Crippen LogP contribution in [0.15, 0.2) is 0 Å². The number of hydrogen-bond donors (Lipinski definition) is 0. The van der Waals surface area contributed by atoms with Gasteiger partial charge in [0.2, 0.25) is 0 Å². The van der Waals surface area contributed by atoms with Crippen molar-refractivity contribution in [1.82, 2.24) is 0 Å². The van der Waals surface area contributed by atoms with Crippen molar-refractivity contribution in [3.05, 3.63) is 5.32 Å². The van der Waals surface area contributed by atoms with Gasteiger partial charge in [0.05, 0.1) is 1.37 Å². The Hall–Kier alpha value is 1.07. The maximum absolute atomic E-state index is 8.56. The molecule has 0 rings (SSSR count). The topological polar surface area (TPSA) is 54.2 Å². The van der Waals surface area contributed by atoms with Crippen molar-refractivity contribution in [3.63, 3.8) is 0 Å². The van der Waals surface area contributed by atoms with Gasteiger partial charge in [0, 0.05) is 6.45 Å². The molecular weight excluding hydrogens is 217 g/mol. The molecule has 0 heterocycles. The molecule has 4 heteroatoms. The van der Waals surface area contributed by atoms with Crippen LogP contribution in [0.5, 0.6) is 0 Å². The SMILES string of the molecule is CC(C)(C)C[N-]CC(C)(C)C.[3H]C(=O)[O-].[K+]. The molecule has 0 saturated carbocycles. The zero-order valence-corrected chi connectivity index (χ0v) is 14.3. The largest absolute Gasteiger partial charge is 1.00 e. The van der Waals surface area contributed by atoms with E-state index < -0.39 is 6.45 Å². The average Bonchev–Trinajstić information content (AvgIpc) is 1.77. The first-order chi connectivity index (χ1) is 6.44. The molecule has 0 N–H and O–H groups in total. The first-order valence-electron chi connectivity index (χ1n) is 5.25. The fraction of sp³-hybridized carbons (Fsp3) is 0.909. The summed E-state index contributed by atoms with van der Waals surface area (Å²) in [4.78, 5) is 8.56. The van der Waals surface area contributed by atoms with Crippen LogP contribution in [0.25, 0.3) is 5.32 Å². The van der Waals surface area contributed by atoms with Gasteiger partial charge in [0.1, 0.15) is 0 Å². The molecular formula is C11H23KNO2-. The molecule has 0 aliphatic rings. The Morgan fingerprint density at radius 2 is 1.33 bits per heavy atom. The first kappa shape index (κ1) is 18.4. The summed E-state index contributed by atoms with van der Waals surface area (Å²) < 4.78 is 5.39. The quantitative estimate of drug-likeness (QED) is 0.452. The molecule has 0 amide bonds. The number of carbonyl (C=O) groups is 1. The first-order valence-corrected chi connectivity index (χ1v) is 4.75. The van der Waals surface area contributed by atoms with Crippen LogP contribution >= 0.6 is 0 Å². The molecule has 0 aliphatic carbocycles. The third-order valence-corrected chi connectivity index (χ3v) is 1.17. The molecule has 3 nitrogen and oxygen atoms in total. The van der Waals surface area contributed by atoms with Crippen LogP contribution in [0.2, 0.25) is 0 Å². The molecule has 15 heavy (non-hydrogen) atoms. The van der Waals surface area contributed by atoms with Crippen LogP contribution in [0.1, 0.15) is 42.9 Å². The Kier molecular flexibility index (Phi) is 12.6. The Morgan fingerprint density at radius 3 is 1.47 bits per heavy atom. The predicted octanol–water partition coefficient (Wildman–Crippen LogP) is -1.18. The minimum atomic E-state index is -1.83. The third-order valence-electron chi connectivity index (χ3n) is 1.17. The molecule has 0 spiro atoms. The molecule has 86 valence electrons. The molecule has 0 bridgehead atoms. The number of rotatable bonds is 2. The maximum Gasteiger partial charge on any atom is 1.00 e. The van der Waals surface area contributed by atoms with E-state index in [1.54, 1.807) is 0 Å². The number of carbonyl (C=O) groups excluding carboxylic acids is 1. The molecule has 0 unspecified atom stereocenters. The summed E-state index contributed by atoms with van der Waals surface area (Å²) in [6.45, 7) is 15.3. The molecule has 0 atom stereocenters. The van der Waals surface area contributed by atoms with E-state index in [9.17, 15) is 0 Å². The van der Waals surface area contributed by atoms with E-state index in [4.69, 9.17) is 11.3 Å². The molecule has 0 aromatic carbocycles. The number of nitrogens with zero attached hydrogens (tertiary/aromatic N) is 1. The molecule has 0 aromatic heterocycles. The summed E-state index contributed by atoms with van der Waals surface area (Å²) in [5.41, 5.74) is 0.705. The van der Waals surface area contributed by atoms with Gasteiger partial charge in [-0.3, -0.25) is 0 Å². The van der Waals surface area contributed by atoms with Gasteiger partial charge in [0.25, 0.3) is 0 Å². The second-order valence-corrected chi connectivity index (χ2v) is 5.74. The second-order valence-electron chi connectivity index (χ2n) is 5.74. The van der Waals surface area contributed by atoms with Gasteiger partial charge in [0.15, 0.2) is 0 Å². The summed E-state index contributed by atoms with van der Waals surface area (Å²) in [5.74, 6) is 0. The maximum atomic E-state index is 8.56. The van der Waals surface area contributed by atoms with Gasteiger partial charge < -0.3 is 15.2 Å². The molecule has 0 aliphatic heterocycles. The van der Waals surface area contributed by atoms with Gasteiger partial charge >= 0.3 is 51.4 Å². The van der Waals surface area contributed by atoms with Crippen molar-refractivity contribution < 1.29 is 62.7 Å². The van der Waals surface area contributed by atoms with Gasteiger partial charge in [-0.1, -0.05) is 52.4 Å². The van der Waals surface area contributed by atoms with Gasteiger partial charge in [-0.15, -0.1) is 13.1 Å². The van der Waals surface area contributed by atoms with E-state index in [1.807, 2.05) is 0 Å². The van der Waals surface area contributed by atoms with E-state index in [-0.39, 0.29) is 51.4 Å². The second kappa shape index (κ2) is 10.2. The minimum Gasteiger partial charge on any atom is -0.661 e. The average molecular weight is 242 g/mol. The Morgan fingerprint density at radius 1 is 1.13 bits per heavy atom. The van der Waals surface area contributed by atoms with Crippen LogP contribution in [-0.4, -0.2) is 19.5 Å². The van der Waals surface area contributed by atoms with Crippen LogP contribution in [-0.2, 0) is 4.79 Å². The summed E-state index contributed by atoms with van der Waals surface area (Å²) in [5, 5.41) is 13.1. The van der Waals surface area contributed by atoms with Gasteiger partial charge in [-0.25, -0.2) is 0 Å². The standard InChI is InChI=1S/C10H22N.CH2O2.K/c1-9(2,3)7-11-8-10(4,5)6;2-1-3;/h7-8H2,1-6H3;1H,(H,2,3);/q-1;;+1/p-1/i;1T;. The molecule has 0 fully saturated rings. The summed E-state index contributed by atoms with van der Waals surface area (Å²) in [6.07, 6.45) is -1.83. The number of hydrogen-bond acceptors (Lipinski definition) is 2. The van der Waals surface area contributed by atoms with Crippen molar-refractivity contribution in [2.45, 2.75) is 41.5 Å². The van der Waals surface area contributed by atoms with Gasteiger partial charge in [-0.2, -0.15) is 0 Å². The van der Waals surface area contributed by atoms with E-state index in [1.165, 1.54) is 0 Å². The predicted molar refractivity (Wildman–Crippen MR) is 58.1 cm³/mol. The zero-order valence-electron chi connectivity index (χ0n) is 12.2. The van der Waals surface area contributed by atoms with Crippen LogP contribution in [0.3, 0.4) is 0 Å². The van der Waals surface area contributed by atoms with Crippen molar-refractivity contribution >= 4 is 6.45 Å². The summed E-state index contributed by atoms with van der Waals surface area (Å²) >= 11 is 0. The van der Waals surface area contributed by atoms with Crippen molar-refractivity contribution in [2.24, 2.45) is 10.8 Å². The Bertz CT molecular complexity index is 167. The summed E-state index contributed by atoms with van der Waals surface area (Å²) in [6, 6.07) is 0. The molecule has 0 radical (unpaired) electrons. The minimum absolute atomic E-state index is 0. The van der Waals surface area contributed by atoms with E-state index in [0.717, 1.165) is 13.1 Å². The van der Waals surface area contributed by atoms with Crippen LogP contribution in [0, 0.1) is 10.8 Å². The third kappa shape index (κ3) is 31.3. The van der Waals surface area contributed by atoms with E-state index in [2.05, 4.69) is 46.9 Å². The van der Waals surface area contributed by atoms with Crippen molar-refractivity contribution in [1.29, 1.82) is 0 Å². The normalized spacial score (nSPS) is 11.7. The zero-order chi connectivity index (χ0) is 12.7. The van der Waals surface area contributed by atoms with Crippen molar-refractivity contribution in [3.8, 4) is 0 Å². The Balaban J connectivity index is -0.000000292. The van der Waals surface area contributed by atoms with Crippen LogP contribution in [0.4, 0.5) is 0 Å². The Labute approximate surface area is 138 Å². The summed E-state index contributed by atoms with van der Waals surface area (Å²) in [7, 11) is 0. The van der Waals surface area contributed by atoms with Crippen LogP contribution < -0.4 is 56.5 Å². The fourth-order valence-electron chi connectivity index (χ4n) is 0.727. The van der Waals surface area contributed by atoms with E-state index in [0.29, 0.717) is 10.8 Å². The monoisotopic (exact) mass is 242 g/mol. The van der Waals surface area contributed by atoms with Crippen molar-refractivity contribution in [2.75, 3.05) is 13.1 Å². The number of carboxylic acid groups (broad SMARTS) is 1. The fourth-order valence-corrected chi connectivity index (χ4v) is 0.727. The van der Waals surface area contributed by atoms with E-state index >= 15 is 0 Å². The van der Waals surface area contributed by atoms with Gasteiger partial charge in [-0.05, 0) is 0 Å². The molecule has 0 saturated heterocycles. The smallest absolute Gasteiger partial charge is 0.661 e. The molecule has 0 aromatic rings.